The molecule has 0 aliphatic heterocycles. The van der Waals surface area contributed by atoms with E-state index < -0.39 is 0 Å². The van der Waals surface area contributed by atoms with Crippen LogP contribution < -0.4 is 16.2 Å². The minimum atomic E-state index is -0.289. The molecule has 0 spiro atoms. The summed E-state index contributed by atoms with van der Waals surface area (Å²) in [6.07, 6.45) is 1.92. The third-order valence-corrected chi connectivity index (χ3v) is 4.74. The second kappa shape index (κ2) is 4.41. The summed E-state index contributed by atoms with van der Waals surface area (Å²) in [5, 5.41) is 0.767. The molecule has 0 saturated heterocycles. The zero-order chi connectivity index (χ0) is 13.7. The number of hydrogen-bond donors (Lipinski definition) is 2. The van der Waals surface area contributed by atoms with Gasteiger partial charge in [0.2, 0.25) is 0 Å². The lowest BCUT2D eigenvalue weighted by atomic mass is 9.90. The van der Waals surface area contributed by atoms with Gasteiger partial charge in [-0.25, -0.2) is 0 Å². The maximum absolute atomic E-state index is 6.38. The Morgan fingerprint density at radius 2 is 1.72 bits per heavy atom. The lowest BCUT2D eigenvalue weighted by Crippen LogP contribution is -2.37. The Hall–Kier alpha value is -0.770. The number of benzene rings is 1. The van der Waals surface area contributed by atoms with Crippen molar-refractivity contribution in [2.24, 2.45) is 11.5 Å². The van der Waals surface area contributed by atoms with E-state index >= 15 is 0 Å². The molecule has 1 aromatic rings. The zero-order valence-electron chi connectivity index (χ0n) is 11.4. The van der Waals surface area contributed by atoms with Crippen molar-refractivity contribution in [3.63, 3.8) is 0 Å². The van der Waals surface area contributed by atoms with E-state index in [0.717, 1.165) is 45.9 Å². The Labute approximate surface area is 113 Å². The molecule has 18 heavy (non-hydrogen) atoms. The number of ether oxygens (including phenoxy) is 1. The molecule has 1 aliphatic carbocycles. The van der Waals surface area contributed by atoms with Gasteiger partial charge < -0.3 is 16.2 Å². The molecule has 1 fully saturated rings. The number of hydrogen-bond acceptors (Lipinski definition) is 3. The lowest BCUT2D eigenvalue weighted by molar-refractivity contribution is 0.394. The van der Waals surface area contributed by atoms with Crippen molar-refractivity contribution in [1.29, 1.82) is 0 Å². The minimum Gasteiger partial charge on any atom is -0.496 e. The van der Waals surface area contributed by atoms with Gasteiger partial charge in [-0.3, -0.25) is 0 Å². The van der Waals surface area contributed by atoms with Crippen LogP contribution >= 0.6 is 11.6 Å². The Kier molecular flexibility index (Phi) is 3.34. The van der Waals surface area contributed by atoms with Crippen LogP contribution in [0, 0.1) is 20.8 Å². The Morgan fingerprint density at radius 3 is 2.17 bits per heavy atom. The Morgan fingerprint density at radius 1 is 1.17 bits per heavy atom. The number of methoxy groups -OCH3 is 1. The van der Waals surface area contributed by atoms with Crippen LogP contribution in [0.5, 0.6) is 5.75 Å². The van der Waals surface area contributed by atoms with Crippen molar-refractivity contribution in [3.8, 4) is 5.75 Å². The number of halogens is 1. The van der Waals surface area contributed by atoms with Crippen LogP contribution in [0.2, 0.25) is 5.02 Å². The van der Waals surface area contributed by atoms with Crippen LogP contribution in [0.3, 0.4) is 0 Å². The highest BCUT2D eigenvalue weighted by molar-refractivity contribution is 6.32. The zero-order valence-corrected chi connectivity index (χ0v) is 12.2. The standard InChI is InChI=1S/C14H21ClN2O/c1-7-8(2)12(18-4)10(9(3)11(7)15)13(16)14(17)5-6-14/h13H,5-6,16-17H2,1-4H3. The number of rotatable bonds is 3. The molecule has 100 valence electrons. The first kappa shape index (κ1) is 13.7. The normalized spacial score (nSPS) is 18.6. The van der Waals surface area contributed by atoms with E-state index in [9.17, 15) is 0 Å². The lowest BCUT2D eigenvalue weighted by Gasteiger charge is -2.26. The van der Waals surface area contributed by atoms with Crippen molar-refractivity contribution >= 4 is 11.6 Å². The van der Waals surface area contributed by atoms with Gasteiger partial charge in [-0.2, -0.15) is 0 Å². The second-order valence-electron chi connectivity index (χ2n) is 5.35. The molecule has 1 unspecified atom stereocenters. The molecule has 1 atom stereocenters. The fourth-order valence-corrected chi connectivity index (χ4v) is 2.73. The van der Waals surface area contributed by atoms with Crippen molar-refractivity contribution in [1.82, 2.24) is 0 Å². The molecule has 0 amide bonds. The summed E-state index contributed by atoms with van der Waals surface area (Å²) < 4.78 is 5.54. The molecule has 0 heterocycles. The first-order chi connectivity index (χ1) is 8.33. The van der Waals surface area contributed by atoms with Crippen LogP contribution in [0.4, 0.5) is 0 Å². The molecule has 4 heteroatoms. The average molecular weight is 269 g/mol. The maximum Gasteiger partial charge on any atom is 0.127 e. The average Bonchev–Trinajstić information content (AvgIpc) is 3.09. The van der Waals surface area contributed by atoms with E-state index in [2.05, 4.69) is 0 Å². The molecule has 4 N–H and O–H groups in total. The fraction of sp³-hybridized carbons (Fsp3) is 0.571. The monoisotopic (exact) mass is 268 g/mol. The largest absolute Gasteiger partial charge is 0.496 e. The Balaban J connectivity index is 2.65. The SMILES string of the molecule is COc1c(C)c(C)c(Cl)c(C)c1C(N)C1(N)CC1. The summed E-state index contributed by atoms with van der Waals surface area (Å²) in [6, 6.07) is -0.218. The van der Waals surface area contributed by atoms with E-state index in [1.54, 1.807) is 7.11 Å². The van der Waals surface area contributed by atoms with E-state index in [1.165, 1.54) is 0 Å². The molecule has 3 nitrogen and oxygen atoms in total. The van der Waals surface area contributed by atoms with E-state index in [-0.39, 0.29) is 11.6 Å². The van der Waals surface area contributed by atoms with Gasteiger partial charge in [0.05, 0.1) is 13.2 Å². The molecule has 0 aromatic heterocycles. The summed E-state index contributed by atoms with van der Waals surface area (Å²) >= 11 is 6.38. The van der Waals surface area contributed by atoms with Gasteiger partial charge in [0, 0.05) is 16.1 Å². The number of nitrogens with two attached hydrogens (primary N) is 2. The van der Waals surface area contributed by atoms with Crippen molar-refractivity contribution in [3.05, 3.63) is 27.3 Å². The van der Waals surface area contributed by atoms with Gasteiger partial charge in [-0.15, -0.1) is 0 Å². The molecule has 1 saturated carbocycles. The van der Waals surface area contributed by atoms with Crippen LogP contribution in [0.25, 0.3) is 0 Å². The highest BCUT2D eigenvalue weighted by atomic mass is 35.5. The fourth-order valence-electron chi connectivity index (χ4n) is 2.49. The topological polar surface area (TPSA) is 61.3 Å². The molecule has 1 aliphatic rings. The van der Waals surface area contributed by atoms with Crippen molar-refractivity contribution in [2.75, 3.05) is 7.11 Å². The van der Waals surface area contributed by atoms with E-state index in [4.69, 9.17) is 27.8 Å². The van der Waals surface area contributed by atoms with Gasteiger partial charge >= 0.3 is 0 Å². The maximum atomic E-state index is 6.38. The van der Waals surface area contributed by atoms with Crippen LogP contribution in [-0.4, -0.2) is 12.6 Å². The van der Waals surface area contributed by atoms with Gasteiger partial charge in [-0.05, 0) is 50.3 Å². The summed E-state index contributed by atoms with van der Waals surface area (Å²) in [5.41, 5.74) is 16.3. The minimum absolute atomic E-state index is 0.218. The van der Waals surface area contributed by atoms with Gasteiger partial charge in [0.25, 0.3) is 0 Å². The first-order valence-corrected chi connectivity index (χ1v) is 6.59. The molecular formula is C14H21ClN2O. The Bertz CT molecular complexity index is 495. The summed E-state index contributed by atoms with van der Waals surface area (Å²) in [7, 11) is 1.67. The van der Waals surface area contributed by atoms with Crippen LogP contribution in [-0.2, 0) is 0 Å². The van der Waals surface area contributed by atoms with Gasteiger partial charge in [0.1, 0.15) is 5.75 Å². The summed E-state index contributed by atoms with van der Waals surface area (Å²) in [5.74, 6) is 0.832. The molecular weight excluding hydrogens is 248 g/mol. The van der Waals surface area contributed by atoms with Crippen molar-refractivity contribution in [2.45, 2.75) is 45.2 Å². The smallest absolute Gasteiger partial charge is 0.127 e. The third kappa shape index (κ3) is 1.91. The molecule has 0 bridgehead atoms. The van der Waals surface area contributed by atoms with Crippen LogP contribution in [0.1, 0.15) is 41.1 Å². The predicted octanol–water partition coefficient (Wildman–Crippen LogP) is 2.76. The third-order valence-electron chi connectivity index (χ3n) is 4.17. The van der Waals surface area contributed by atoms with E-state index in [0.29, 0.717) is 0 Å². The highest BCUT2D eigenvalue weighted by Gasteiger charge is 2.46. The molecule has 2 rings (SSSR count). The van der Waals surface area contributed by atoms with E-state index in [1.807, 2.05) is 20.8 Å². The molecule has 1 aromatic carbocycles. The van der Waals surface area contributed by atoms with Crippen LogP contribution in [0.15, 0.2) is 0 Å². The highest BCUT2D eigenvalue weighted by Crippen LogP contribution is 2.48. The second-order valence-corrected chi connectivity index (χ2v) is 5.72. The molecule has 0 radical (unpaired) electrons. The van der Waals surface area contributed by atoms with Crippen molar-refractivity contribution < 1.29 is 4.74 Å². The quantitative estimate of drug-likeness (QED) is 0.886. The van der Waals surface area contributed by atoms with Gasteiger partial charge in [-0.1, -0.05) is 11.6 Å². The van der Waals surface area contributed by atoms with Gasteiger partial charge in [0.15, 0.2) is 0 Å². The summed E-state index contributed by atoms with van der Waals surface area (Å²) in [6.45, 7) is 5.99. The first-order valence-electron chi connectivity index (χ1n) is 6.21. The summed E-state index contributed by atoms with van der Waals surface area (Å²) in [4.78, 5) is 0. The predicted molar refractivity (Wildman–Crippen MR) is 75.3 cm³/mol.